The number of likely N-dealkylation sites (N-methyl/N-ethyl adjacent to an activating group) is 1. The van der Waals surface area contributed by atoms with Gasteiger partial charge in [0, 0.05) is 20.2 Å². The molecule has 114 valence electrons. The van der Waals surface area contributed by atoms with Crippen molar-refractivity contribution in [1.82, 2.24) is 4.90 Å². The number of nitrogens with one attached hydrogen (secondary N) is 1. The smallest absolute Gasteiger partial charge is 0.347 e. The first-order valence-corrected chi connectivity index (χ1v) is 6.59. The van der Waals surface area contributed by atoms with Gasteiger partial charge >= 0.3 is 11.9 Å². The third kappa shape index (κ3) is 5.88. The zero-order valence-corrected chi connectivity index (χ0v) is 13.1. The Bertz CT molecular complexity index is 378. The minimum atomic E-state index is -0.673. The molecule has 0 saturated heterocycles. The van der Waals surface area contributed by atoms with Crippen LogP contribution in [0.4, 0.5) is 0 Å². The standard InChI is InChI=1S/C14H24N2O4/c1-7-19-13(17)12(14(18)20-8-2)11(16(5)6)9-10-15(3)4/h9-10H,7-8H2,1-6H3/p+1/b10-9+. The SMILES string of the molecule is CCOC(=O)C(C(=O)OCC)=C(/C=C/[NH+](C)C)N(C)C. The number of quaternary nitrogens is 1. The predicted molar refractivity (Wildman–Crippen MR) is 75.9 cm³/mol. The maximum absolute atomic E-state index is 12.0. The van der Waals surface area contributed by atoms with Crippen molar-refractivity contribution in [2.75, 3.05) is 41.4 Å². The van der Waals surface area contributed by atoms with Crippen LogP contribution < -0.4 is 4.90 Å². The summed E-state index contributed by atoms with van der Waals surface area (Å²) in [4.78, 5) is 26.7. The van der Waals surface area contributed by atoms with Gasteiger partial charge in [0.2, 0.25) is 0 Å². The molecule has 0 bridgehead atoms. The minimum absolute atomic E-state index is 0.0869. The summed E-state index contributed by atoms with van der Waals surface area (Å²) in [5, 5.41) is 0. The predicted octanol–water partition coefficient (Wildman–Crippen LogP) is -0.413. The third-order valence-electron chi connectivity index (χ3n) is 2.27. The summed E-state index contributed by atoms with van der Waals surface area (Å²) in [6, 6.07) is 0. The molecule has 6 heteroatoms. The van der Waals surface area contributed by atoms with E-state index < -0.39 is 11.9 Å². The van der Waals surface area contributed by atoms with Gasteiger partial charge in [-0.3, -0.25) is 0 Å². The normalized spacial score (nSPS) is 10.6. The monoisotopic (exact) mass is 285 g/mol. The van der Waals surface area contributed by atoms with Crippen LogP contribution in [0.2, 0.25) is 0 Å². The molecule has 0 heterocycles. The summed E-state index contributed by atoms with van der Waals surface area (Å²) in [5.74, 6) is -1.35. The molecular formula is C14H25N2O4+. The molecular weight excluding hydrogens is 260 g/mol. The van der Waals surface area contributed by atoms with E-state index in [1.807, 2.05) is 20.3 Å². The Hall–Kier alpha value is -1.82. The van der Waals surface area contributed by atoms with Crippen molar-refractivity contribution in [2.24, 2.45) is 0 Å². The summed E-state index contributed by atoms with van der Waals surface area (Å²) >= 11 is 0. The van der Waals surface area contributed by atoms with Crippen LogP contribution in [0, 0.1) is 0 Å². The van der Waals surface area contributed by atoms with Crippen LogP contribution in [-0.4, -0.2) is 58.2 Å². The Morgan fingerprint density at radius 2 is 1.50 bits per heavy atom. The Labute approximate surface area is 120 Å². The number of allylic oxidation sites excluding steroid dienone is 1. The van der Waals surface area contributed by atoms with Crippen LogP contribution in [0.15, 0.2) is 23.5 Å². The Morgan fingerprint density at radius 1 is 1.05 bits per heavy atom. The summed E-state index contributed by atoms with van der Waals surface area (Å²) in [6.07, 6.45) is 3.53. The molecule has 0 unspecified atom stereocenters. The fourth-order valence-electron chi connectivity index (χ4n) is 1.40. The van der Waals surface area contributed by atoms with Gasteiger partial charge < -0.3 is 19.3 Å². The van der Waals surface area contributed by atoms with E-state index in [2.05, 4.69) is 0 Å². The number of nitrogens with zero attached hydrogens (tertiary/aromatic N) is 1. The van der Waals surface area contributed by atoms with Crippen molar-refractivity contribution < 1.29 is 24.0 Å². The average Bonchev–Trinajstić information content (AvgIpc) is 2.33. The Balaban J connectivity index is 5.73. The fourth-order valence-corrected chi connectivity index (χ4v) is 1.40. The highest BCUT2D eigenvalue weighted by atomic mass is 16.6. The number of ether oxygens (including phenoxy) is 2. The van der Waals surface area contributed by atoms with E-state index in [1.54, 1.807) is 38.9 Å². The van der Waals surface area contributed by atoms with Gasteiger partial charge in [-0.25, -0.2) is 9.59 Å². The van der Waals surface area contributed by atoms with Crippen LogP contribution in [0.3, 0.4) is 0 Å². The lowest BCUT2D eigenvalue weighted by molar-refractivity contribution is -0.801. The molecule has 0 atom stereocenters. The maximum Gasteiger partial charge on any atom is 0.347 e. The lowest BCUT2D eigenvalue weighted by Crippen LogP contribution is -3.00. The van der Waals surface area contributed by atoms with Crippen LogP contribution in [-0.2, 0) is 19.1 Å². The highest BCUT2D eigenvalue weighted by Gasteiger charge is 2.26. The first-order chi connectivity index (χ1) is 9.34. The fraction of sp³-hybridized carbons (Fsp3) is 0.571. The third-order valence-corrected chi connectivity index (χ3v) is 2.27. The molecule has 0 saturated carbocycles. The van der Waals surface area contributed by atoms with Crippen molar-refractivity contribution in [3.05, 3.63) is 23.5 Å². The molecule has 0 aromatic heterocycles. The van der Waals surface area contributed by atoms with Gasteiger partial charge in [-0.2, -0.15) is 0 Å². The highest BCUT2D eigenvalue weighted by Crippen LogP contribution is 2.13. The van der Waals surface area contributed by atoms with Crippen molar-refractivity contribution in [1.29, 1.82) is 0 Å². The van der Waals surface area contributed by atoms with E-state index in [-0.39, 0.29) is 18.8 Å². The zero-order valence-electron chi connectivity index (χ0n) is 13.1. The van der Waals surface area contributed by atoms with Gasteiger partial charge in [0.1, 0.15) is 0 Å². The van der Waals surface area contributed by atoms with Gasteiger partial charge in [0.25, 0.3) is 0 Å². The van der Waals surface area contributed by atoms with E-state index in [1.165, 1.54) is 0 Å². The second kappa shape index (κ2) is 9.14. The Kier molecular flexibility index (Phi) is 8.31. The topological polar surface area (TPSA) is 60.3 Å². The van der Waals surface area contributed by atoms with Gasteiger partial charge in [-0.1, -0.05) is 0 Å². The molecule has 0 rings (SSSR count). The van der Waals surface area contributed by atoms with Crippen molar-refractivity contribution in [3.63, 3.8) is 0 Å². The number of carbonyl (C=O) groups is 2. The van der Waals surface area contributed by atoms with E-state index >= 15 is 0 Å². The van der Waals surface area contributed by atoms with Crippen molar-refractivity contribution >= 4 is 11.9 Å². The van der Waals surface area contributed by atoms with Crippen LogP contribution >= 0.6 is 0 Å². The van der Waals surface area contributed by atoms with Crippen LogP contribution in [0.1, 0.15) is 13.8 Å². The first kappa shape index (κ1) is 18.2. The summed E-state index contributed by atoms with van der Waals surface area (Å²) < 4.78 is 9.89. The van der Waals surface area contributed by atoms with Gasteiger partial charge in [0.15, 0.2) is 5.57 Å². The molecule has 20 heavy (non-hydrogen) atoms. The molecule has 0 fully saturated rings. The molecule has 0 aliphatic heterocycles. The highest BCUT2D eigenvalue weighted by molar-refractivity contribution is 6.15. The largest absolute Gasteiger partial charge is 0.462 e. The van der Waals surface area contributed by atoms with Gasteiger partial charge in [-0.15, -0.1) is 0 Å². The van der Waals surface area contributed by atoms with E-state index in [0.29, 0.717) is 5.70 Å². The number of hydrogen-bond donors (Lipinski definition) is 1. The number of hydrogen-bond acceptors (Lipinski definition) is 5. The molecule has 0 aromatic carbocycles. The lowest BCUT2D eigenvalue weighted by Gasteiger charge is -2.17. The summed E-state index contributed by atoms with van der Waals surface area (Å²) in [7, 11) is 7.36. The lowest BCUT2D eigenvalue weighted by atomic mass is 10.2. The first-order valence-electron chi connectivity index (χ1n) is 6.59. The minimum Gasteiger partial charge on any atom is -0.462 e. The summed E-state index contributed by atoms with van der Waals surface area (Å²) in [5.41, 5.74) is 0.374. The molecule has 0 radical (unpaired) electrons. The van der Waals surface area contributed by atoms with Gasteiger partial charge in [-0.05, 0) is 13.8 Å². The van der Waals surface area contributed by atoms with Crippen molar-refractivity contribution in [2.45, 2.75) is 13.8 Å². The Morgan fingerprint density at radius 3 is 1.80 bits per heavy atom. The van der Waals surface area contributed by atoms with Crippen LogP contribution in [0.25, 0.3) is 0 Å². The maximum atomic E-state index is 12.0. The van der Waals surface area contributed by atoms with E-state index in [0.717, 1.165) is 4.90 Å². The molecule has 0 spiro atoms. The number of carbonyl (C=O) groups excluding carboxylic acids is 2. The molecule has 0 amide bonds. The molecule has 6 nitrogen and oxygen atoms in total. The van der Waals surface area contributed by atoms with E-state index in [4.69, 9.17) is 9.47 Å². The molecule has 0 aromatic rings. The molecule has 1 N–H and O–H groups in total. The number of rotatable bonds is 7. The van der Waals surface area contributed by atoms with Gasteiger partial charge in [0.05, 0.1) is 39.2 Å². The quantitative estimate of drug-likeness (QED) is 0.226. The summed E-state index contributed by atoms with van der Waals surface area (Å²) in [6.45, 7) is 3.78. The average molecular weight is 285 g/mol. The van der Waals surface area contributed by atoms with Crippen LogP contribution in [0.5, 0.6) is 0 Å². The molecule has 0 aliphatic carbocycles. The van der Waals surface area contributed by atoms with Crippen molar-refractivity contribution in [3.8, 4) is 0 Å². The number of esters is 2. The second-order valence-electron chi connectivity index (χ2n) is 4.51. The molecule has 0 aliphatic rings. The zero-order chi connectivity index (χ0) is 15.7. The van der Waals surface area contributed by atoms with E-state index in [9.17, 15) is 9.59 Å². The second-order valence-corrected chi connectivity index (χ2v) is 4.51.